The van der Waals surface area contributed by atoms with E-state index in [9.17, 15) is 4.79 Å². The Balaban J connectivity index is 1.37. The van der Waals surface area contributed by atoms with Crippen molar-refractivity contribution in [2.45, 2.75) is 32.2 Å². The summed E-state index contributed by atoms with van der Waals surface area (Å²) in [5.74, 6) is 1.29. The zero-order valence-corrected chi connectivity index (χ0v) is 16.3. The second kappa shape index (κ2) is 7.15. The monoisotopic (exact) mass is 394 g/mol. The van der Waals surface area contributed by atoms with Gasteiger partial charge in [-0.25, -0.2) is 4.52 Å². The van der Waals surface area contributed by atoms with Crippen LogP contribution in [-0.4, -0.2) is 51.6 Å². The van der Waals surface area contributed by atoms with Crippen molar-refractivity contribution in [2.24, 2.45) is 5.92 Å². The van der Waals surface area contributed by atoms with Crippen molar-refractivity contribution >= 4 is 17.2 Å². The number of rotatable bonds is 6. The first-order valence-corrected chi connectivity index (χ1v) is 9.95. The minimum atomic E-state index is -2.10. The number of nitrogens with zero attached hydrogens (tertiary/aromatic N) is 4. The molecular weight excluding hydrogens is 366 g/mol. The number of carbonyl (C=O) groups is 1. The molecule has 3 aromatic rings. The summed E-state index contributed by atoms with van der Waals surface area (Å²) in [5.41, 5.74) is 3.51. The highest BCUT2D eigenvalue weighted by Crippen LogP contribution is 2.33. The molecule has 1 atom stereocenters. The zero-order valence-electron chi connectivity index (χ0n) is 19.3. The minimum Gasteiger partial charge on any atom is -0.490 e. The number of amides is 1. The molecule has 1 N–H and O–H groups in total. The normalized spacial score (nSPS) is 21.1. The number of fused-ring (bicyclic) bond motifs is 1. The second-order valence-electron chi connectivity index (χ2n) is 7.85. The number of likely N-dealkylation sites (tertiary alicyclic amines) is 1. The molecule has 0 unspecified atom stereocenters. The Kier molecular flexibility index (Phi) is 3.69. The smallest absolute Gasteiger partial charge is 0.228 e. The van der Waals surface area contributed by atoms with Gasteiger partial charge in [-0.2, -0.15) is 5.10 Å². The van der Waals surface area contributed by atoms with Gasteiger partial charge in [0.2, 0.25) is 5.91 Å². The van der Waals surface area contributed by atoms with E-state index < -0.39 is 6.98 Å². The molecule has 4 heterocycles. The standard InChI is InChI=1S/C22H25N5O2/c1-14-9-19(20(12-23-14)29-13-17-6-7-26(17)2)16-5-8-27-18(10-16)11-21(25-27)24-22(28)15-3-4-15/h5,8-12,15,17H,3-4,6-7,13H2,1-2H3,(H,24,25,28)/t17-/m1/s1/i2D3. The zero-order chi connectivity index (χ0) is 22.5. The van der Waals surface area contributed by atoms with E-state index in [2.05, 4.69) is 15.4 Å². The molecule has 0 aromatic carbocycles. The number of hydrogen-bond donors (Lipinski definition) is 1. The summed E-state index contributed by atoms with van der Waals surface area (Å²) in [7, 11) is 0. The molecule has 150 valence electrons. The third kappa shape index (κ3) is 3.70. The molecule has 1 saturated carbocycles. The van der Waals surface area contributed by atoms with E-state index in [0.717, 1.165) is 41.6 Å². The number of ether oxygens (including phenoxy) is 1. The van der Waals surface area contributed by atoms with E-state index in [1.807, 2.05) is 37.4 Å². The van der Waals surface area contributed by atoms with Crippen LogP contribution in [0.4, 0.5) is 5.82 Å². The van der Waals surface area contributed by atoms with Crippen LogP contribution in [0.2, 0.25) is 0 Å². The van der Waals surface area contributed by atoms with Crippen LogP contribution in [0, 0.1) is 12.8 Å². The first-order chi connectivity index (χ1) is 15.3. The van der Waals surface area contributed by atoms with E-state index >= 15 is 0 Å². The van der Waals surface area contributed by atoms with Gasteiger partial charge in [0.25, 0.3) is 0 Å². The number of aromatic nitrogens is 3. The van der Waals surface area contributed by atoms with E-state index in [-0.39, 0.29) is 17.9 Å². The molecule has 2 aliphatic rings. The van der Waals surface area contributed by atoms with Crippen molar-refractivity contribution in [3.05, 3.63) is 42.4 Å². The van der Waals surface area contributed by atoms with Crippen LogP contribution in [0.25, 0.3) is 16.6 Å². The van der Waals surface area contributed by atoms with Crippen molar-refractivity contribution < 1.29 is 13.6 Å². The van der Waals surface area contributed by atoms with Gasteiger partial charge in [-0.05, 0) is 63.5 Å². The number of hydrogen-bond acceptors (Lipinski definition) is 5. The predicted molar refractivity (Wildman–Crippen MR) is 111 cm³/mol. The van der Waals surface area contributed by atoms with E-state index in [1.165, 1.54) is 4.90 Å². The molecule has 0 radical (unpaired) electrons. The van der Waals surface area contributed by atoms with E-state index in [0.29, 0.717) is 24.7 Å². The molecule has 1 aliphatic heterocycles. The Hall–Kier alpha value is -2.93. The largest absolute Gasteiger partial charge is 0.490 e. The van der Waals surface area contributed by atoms with Crippen molar-refractivity contribution in [3.63, 3.8) is 0 Å². The van der Waals surface area contributed by atoms with Crippen molar-refractivity contribution in [2.75, 3.05) is 25.4 Å². The maximum Gasteiger partial charge on any atom is 0.228 e. The molecule has 7 heteroatoms. The predicted octanol–water partition coefficient (Wildman–Crippen LogP) is 3.14. The summed E-state index contributed by atoms with van der Waals surface area (Å²) >= 11 is 0. The number of likely N-dealkylation sites (N-methyl/N-ethyl adjacent to an activating group) is 1. The van der Waals surface area contributed by atoms with Gasteiger partial charge in [-0.15, -0.1) is 0 Å². The topological polar surface area (TPSA) is 71.8 Å². The lowest BCUT2D eigenvalue weighted by Gasteiger charge is -2.37. The molecule has 1 saturated heterocycles. The van der Waals surface area contributed by atoms with Gasteiger partial charge < -0.3 is 10.1 Å². The highest BCUT2D eigenvalue weighted by atomic mass is 16.5. The quantitative estimate of drug-likeness (QED) is 0.695. The number of anilines is 1. The third-order valence-corrected chi connectivity index (χ3v) is 5.55. The summed E-state index contributed by atoms with van der Waals surface area (Å²) in [5, 5.41) is 7.31. The Morgan fingerprint density at radius 1 is 1.34 bits per heavy atom. The Labute approximate surface area is 173 Å². The fraction of sp³-hybridized carbons (Fsp3) is 0.409. The SMILES string of the molecule is [2H]C([2H])([2H])N1CC[C@@H]1COc1cnc(C)cc1-c1ccn2nc(NC(=O)C3CC3)cc2c1. The lowest BCUT2D eigenvalue weighted by molar-refractivity contribution is -0.117. The molecule has 1 aliphatic carbocycles. The van der Waals surface area contributed by atoms with Gasteiger partial charge in [0.15, 0.2) is 5.82 Å². The maximum atomic E-state index is 12.0. The fourth-order valence-electron chi connectivity index (χ4n) is 3.48. The first-order valence-electron chi connectivity index (χ1n) is 11.4. The van der Waals surface area contributed by atoms with Gasteiger partial charge in [0, 0.05) is 39.6 Å². The van der Waals surface area contributed by atoms with Gasteiger partial charge in [0.05, 0.1) is 11.7 Å². The molecule has 0 spiro atoms. The molecule has 5 rings (SSSR count). The lowest BCUT2D eigenvalue weighted by atomic mass is 10.0. The van der Waals surface area contributed by atoms with Gasteiger partial charge in [-0.1, -0.05) is 0 Å². The summed E-state index contributed by atoms with van der Waals surface area (Å²) in [6.07, 6.45) is 6.21. The van der Waals surface area contributed by atoms with Gasteiger partial charge in [-0.3, -0.25) is 14.7 Å². The maximum absolute atomic E-state index is 12.0. The van der Waals surface area contributed by atoms with Crippen LogP contribution in [0.1, 0.15) is 29.1 Å². The Morgan fingerprint density at radius 2 is 2.24 bits per heavy atom. The minimum absolute atomic E-state index is 0.0242. The van der Waals surface area contributed by atoms with Crippen LogP contribution in [-0.2, 0) is 4.79 Å². The summed E-state index contributed by atoms with van der Waals surface area (Å²) in [6.45, 7) is 0.669. The van der Waals surface area contributed by atoms with Crippen LogP contribution in [0.5, 0.6) is 5.75 Å². The number of aryl methyl sites for hydroxylation is 1. The number of carbonyl (C=O) groups excluding carboxylic acids is 1. The average molecular weight is 394 g/mol. The van der Waals surface area contributed by atoms with Crippen LogP contribution in [0.3, 0.4) is 0 Å². The summed E-state index contributed by atoms with van der Waals surface area (Å²) < 4.78 is 30.6. The Morgan fingerprint density at radius 3 is 3.00 bits per heavy atom. The number of pyridine rings is 2. The van der Waals surface area contributed by atoms with Crippen molar-refractivity contribution in [1.29, 1.82) is 0 Å². The first kappa shape index (κ1) is 15.0. The third-order valence-electron chi connectivity index (χ3n) is 5.55. The number of nitrogens with one attached hydrogen (secondary N) is 1. The molecule has 0 bridgehead atoms. The Bertz CT molecular complexity index is 1170. The molecule has 29 heavy (non-hydrogen) atoms. The van der Waals surface area contributed by atoms with Gasteiger partial charge in [0.1, 0.15) is 12.4 Å². The summed E-state index contributed by atoms with van der Waals surface area (Å²) in [4.78, 5) is 17.9. The average Bonchev–Trinajstić information content (AvgIpc) is 3.47. The van der Waals surface area contributed by atoms with Crippen LogP contribution < -0.4 is 10.1 Å². The molecular formula is C22H25N5O2. The van der Waals surface area contributed by atoms with Crippen molar-refractivity contribution in [1.82, 2.24) is 19.5 Å². The molecule has 1 amide bonds. The van der Waals surface area contributed by atoms with Crippen LogP contribution >= 0.6 is 0 Å². The molecule has 3 aromatic heterocycles. The lowest BCUT2D eigenvalue weighted by Crippen LogP contribution is -2.48. The van der Waals surface area contributed by atoms with E-state index in [4.69, 9.17) is 8.85 Å². The molecule has 2 fully saturated rings. The fourth-order valence-corrected chi connectivity index (χ4v) is 3.48. The summed E-state index contributed by atoms with van der Waals surface area (Å²) in [6, 6.07) is 7.59. The van der Waals surface area contributed by atoms with Crippen molar-refractivity contribution in [3.8, 4) is 16.9 Å². The highest BCUT2D eigenvalue weighted by molar-refractivity contribution is 5.93. The second-order valence-corrected chi connectivity index (χ2v) is 7.85. The molecule has 7 nitrogen and oxygen atoms in total. The van der Waals surface area contributed by atoms with E-state index in [1.54, 1.807) is 10.7 Å². The highest BCUT2D eigenvalue weighted by Gasteiger charge is 2.30. The van der Waals surface area contributed by atoms with Crippen LogP contribution in [0.15, 0.2) is 36.7 Å². The van der Waals surface area contributed by atoms with Gasteiger partial charge >= 0.3 is 0 Å².